The first-order chi connectivity index (χ1) is 15.6. The van der Waals surface area contributed by atoms with E-state index in [-0.39, 0.29) is 12.3 Å². The molecule has 0 radical (unpaired) electrons. The molecule has 1 N–H and O–H groups in total. The van der Waals surface area contributed by atoms with Crippen LogP contribution in [0.15, 0.2) is 84.9 Å². The number of carbonyl (C=O) groups excluding carboxylic acids is 3. The van der Waals surface area contributed by atoms with E-state index in [1.165, 1.54) is 7.11 Å². The minimum Gasteiger partial charge on any atom is -0.467 e. The molecule has 4 rings (SSSR count). The fourth-order valence-electron chi connectivity index (χ4n) is 4.03. The first-order valence-electron chi connectivity index (χ1n) is 10.4. The maximum absolute atomic E-state index is 13.5. The van der Waals surface area contributed by atoms with E-state index in [0.29, 0.717) is 17.7 Å². The maximum atomic E-state index is 13.5. The molecule has 0 saturated carbocycles. The van der Waals surface area contributed by atoms with E-state index in [1.54, 1.807) is 11.0 Å². The van der Waals surface area contributed by atoms with Crippen molar-refractivity contribution in [3.05, 3.63) is 107 Å². The first-order valence-corrected chi connectivity index (χ1v) is 10.4. The van der Waals surface area contributed by atoms with Gasteiger partial charge in [-0.3, -0.25) is 9.59 Å². The molecule has 1 aliphatic rings. The number of hydrogen-bond donors (Lipinski definition) is 1. The van der Waals surface area contributed by atoms with Crippen LogP contribution in [0.1, 0.15) is 33.1 Å². The van der Waals surface area contributed by atoms with E-state index in [2.05, 4.69) is 5.32 Å². The van der Waals surface area contributed by atoms with Crippen LogP contribution in [0.2, 0.25) is 0 Å². The van der Waals surface area contributed by atoms with Crippen molar-refractivity contribution in [3.63, 3.8) is 0 Å². The summed E-state index contributed by atoms with van der Waals surface area (Å²) in [6.45, 7) is 0.323. The predicted octanol–water partition coefficient (Wildman–Crippen LogP) is 3.28. The second kappa shape index (κ2) is 9.47. The Hall–Kier alpha value is -3.93. The van der Waals surface area contributed by atoms with Crippen LogP contribution >= 0.6 is 0 Å². The Labute approximate surface area is 186 Å². The molecule has 6 heteroatoms. The Balaban J connectivity index is 1.63. The molecule has 0 spiro atoms. The third-order valence-corrected chi connectivity index (χ3v) is 5.61. The number of nitrogens with one attached hydrogen (secondary N) is 1. The Morgan fingerprint density at radius 3 is 2.22 bits per heavy atom. The number of benzene rings is 3. The van der Waals surface area contributed by atoms with Crippen molar-refractivity contribution in [2.45, 2.75) is 25.0 Å². The van der Waals surface area contributed by atoms with Crippen molar-refractivity contribution in [1.82, 2.24) is 10.2 Å². The van der Waals surface area contributed by atoms with Crippen LogP contribution in [-0.4, -0.2) is 35.8 Å². The molecule has 3 aromatic rings. The third kappa shape index (κ3) is 4.39. The van der Waals surface area contributed by atoms with Gasteiger partial charge in [-0.1, -0.05) is 78.9 Å². The van der Waals surface area contributed by atoms with Crippen LogP contribution in [0.5, 0.6) is 0 Å². The van der Waals surface area contributed by atoms with Crippen LogP contribution in [0, 0.1) is 0 Å². The van der Waals surface area contributed by atoms with Gasteiger partial charge in [0, 0.05) is 18.5 Å². The molecule has 2 unspecified atom stereocenters. The van der Waals surface area contributed by atoms with E-state index in [9.17, 15) is 14.4 Å². The zero-order chi connectivity index (χ0) is 22.5. The van der Waals surface area contributed by atoms with E-state index in [1.807, 2.05) is 78.9 Å². The zero-order valence-corrected chi connectivity index (χ0v) is 17.7. The number of nitrogens with zero attached hydrogens (tertiary/aromatic N) is 1. The van der Waals surface area contributed by atoms with Crippen LogP contribution in [0.25, 0.3) is 0 Å². The topological polar surface area (TPSA) is 75.7 Å². The van der Waals surface area contributed by atoms with Gasteiger partial charge >= 0.3 is 5.97 Å². The highest BCUT2D eigenvalue weighted by atomic mass is 16.5. The van der Waals surface area contributed by atoms with E-state index < -0.39 is 24.0 Å². The van der Waals surface area contributed by atoms with Crippen molar-refractivity contribution in [2.24, 2.45) is 0 Å². The molecule has 0 fully saturated rings. The molecule has 0 bridgehead atoms. The average Bonchev–Trinajstić information content (AvgIpc) is 3.16. The molecular weight excluding hydrogens is 404 g/mol. The van der Waals surface area contributed by atoms with Crippen LogP contribution < -0.4 is 5.32 Å². The van der Waals surface area contributed by atoms with Gasteiger partial charge in [0.1, 0.15) is 12.1 Å². The van der Waals surface area contributed by atoms with Gasteiger partial charge in [-0.2, -0.15) is 0 Å². The summed E-state index contributed by atoms with van der Waals surface area (Å²) in [7, 11) is 1.29. The normalized spacial score (nSPS) is 14.4. The highest BCUT2D eigenvalue weighted by Crippen LogP contribution is 2.31. The summed E-state index contributed by atoms with van der Waals surface area (Å²) in [5.41, 5.74) is 3.04. The van der Waals surface area contributed by atoms with Gasteiger partial charge in [-0.25, -0.2) is 4.79 Å². The number of ether oxygens (including phenoxy) is 1. The van der Waals surface area contributed by atoms with Crippen LogP contribution in [0.3, 0.4) is 0 Å². The lowest BCUT2D eigenvalue weighted by Gasteiger charge is -2.29. The number of hydrogen-bond acceptors (Lipinski definition) is 4. The highest BCUT2D eigenvalue weighted by molar-refractivity contribution is 6.01. The van der Waals surface area contributed by atoms with E-state index in [4.69, 9.17) is 4.74 Å². The molecule has 2 amide bonds. The summed E-state index contributed by atoms with van der Waals surface area (Å²) >= 11 is 0. The molecule has 0 saturated heterocycles. The number of carbonyl (C=O) groups is 3. The van der Waals surface area contributed by atoms with Gasteiger partial charge < -0.3 is 15.0 Å². The number of esters is 1. The molecule has 32 heavy (non-hydrogen) atoms. The summed E-state index contributed by atoms with van der Waals surface area (Å²) < 4.78 is 4.93. The smallest absolute Gasteiger partial charge is 0.328 e. The molecule has 0 aliphatic carbocycles. The number of methoxy groups -OCH3 is 1. The van der Waals surface area contributed by atoms with Gasteiger partial charge in [0.05, 0.1) is 7.11 Å². The fourth-order valence-corrected chi connectivity index (χ4v) is 4.03. The fraction of sp³-hybridized carbons (Fsp3) is 0.192. The monoisotopic (exact) mass is 428 g/mol. The largest absolute Gasteiger partial charge is 0.467 e. The van der Waals surface area contributed by atoms with Gasteiger partial charge in [0.2, 0.25) is 5.91 Å². The predicted molar refractivity (Wildman–Crippen MR) is 120 cm³/mol. The van der Waals surface area contributed by atoms with Crippen molar-refractivity contribution < 1.29 is 19.1 Å². The minimum absolute atomic E-state index is 0.206. The van der Waals surface area contributed by atoms with Gasteiger partial charge in [-0.05, 0) is 22.8 Å². The second-order valence-corrected chi connectivity index (χ2v) is 7.68. The van der Waals surface area contributed by atoms with Crippen molar-refractivity contribution in [3.8, 4) is 0 Å². The van der Waals surface area contributed by atoms with Gasteiger partial charge in [-0.15, -0.1) is 0 Å². The standard InChI is InChI=1S/C26H24N2O4/c1-32-26(31)22(16-18-10-4-2-5-11-18)27-24(29)23(19-12-6-3-7-13-19)28-17-20-14-8-9-15-21(20)25(28)30/h2-15,22-23H,16-17H2,1H3,(H,27,29). The highest BCUT2D eigenvalue weighted by Gasteiger charge is 2.38. The van der Waals surface area contributed by atoms with Gasteiger partial charge in [0.25, 0.3) is 5.91 Å². The SMILES string of the molecule is COC(=O)C(Cc1ccccc1)NC(=O)C(c1ccccc1)N1Cc2ccccc2C1=O. The second-order valence-electron chi connectivity index (χ2n) is 7.68. The Morgan fingerprint density at radius 2 is 1.56 bits per heavy atom. The van der Waals surface area contributed by atoms with Crippen molar-refractivity contribution in [2.75, 3.05) is 7.11 Å². The molecule has 6 nitrogen and oxygen atoms in total. The summed E-state index contributed by atoms with van der Waals surface area (Å²) in [6, 6.07) is 24.1. The minimum atomic E-state index is -0.876. The van der Waals surface area contributed by atoms with Crippen LogP contribution in [0.4, 0.5) is 0 Å². The Bertz CT molecular complexity index is 1110. The van der Waals surface area contributed by atoms with E-state index >= 15 is 0 Å². The summed E-state index contributed by atoms with van der Waals surface area (Å²) in [4.78, 5) is 40.7. The molecular formula is C26H24N2O4. The van der Waals surface area contributed by atoms with Crippen molar-refractivity contribution >= 4 is 17.8 Å². The molecule has 1 aliphatic heterocycles. The lowest BCUT2D eigenvalue weighted by Crippen LogP contribution is -2.48. The number of amides is 2. The molecule has 1 heterocycles. The Kier molecular flexibility index (Phi) is 6.31. The lowest BCUT2D eigenvalue weighted by atomic mass is 10.0. The number of rotatable bonds is 7. The summed E-state index contributed by atoms with van der Waals surface area (Å²) in [5, 5.41) is 2.83. The van der Waals surface area contributed by atoms with Crippen LogP contribution in [-0.2, 0) is 27.3 Å². The van der Waals surface area contributed by atoms with Crippen molar-refractivity contribution in [1.29, 1.82) is 0 Å². The Morgan fingerprint density at radius 1 is 0.938 bits per heavy atom. The molecule has 162 valence electrons. The molecule has 3 aromatic carbocycles. The quantitative estimate of drug-likeness (QED) is 0.586. The summed E-state index contributed by atoms with van der Waals surface area (Å²) in [5.74, 6) is -1.17. The number of fused-ring (bicyclic) bond motifs is 1. The summed E-state index contributed by atoms with van der Waals surface area (Å²) in [6.07, 6.45) is 0.287. The third-order valence-electron chi connectivity index (χ3n) is 5.61. The van der Waals surface area contributed by atoms with Gasteiger partial charge in [0.15, 0.2) is 0 Å². The lowest BCUT2D eigenvalue weighted by molar-refractivity contribution is -0.145. The molecule has 2 atom stereocenters. The average molecular weight is 428 g/mol. The maximum Gasteiger partial charge on any atom is 0.328 e. The zero-order valence-electron chi connectivity index (χ0n) is 17.7. The van der Waals surface area contributed by atoms with E-state index in [0.717, 1.165) is 11.1 Å². The molecule has 0 aromatic heterocycles. The first kappa shape index (κ1) is 21.3.